The summed E-state index contributed by atoms with van der Waals surface area (Å²) in [6.45, 7) is 5.54. The number of hydrogen-bond donors (Lipinski definition) is 0. The highest BCUT2D eigenvalue weighted by Crippen LogP contribution is 2.23. The fraction of sp³-hybridized carbons (Fsp3) is 0.333. The van der Waals surface area contributed by atoms with Crippen molar-refractivity contribution in [2.75, 3.05) is 7.05 Å². The lowest BCUT2D eigenvalue weighted by Crippen LogP contribution is -2.68. The lowest BCUT2D eigenvalue weighted by molar-refractivity contribution is -2.00. The van der Waals surface area contributed by atoms with E-state index in [1.807, 2.05) is 31.5 Å². The zero-order valence-electron chi connectivity index (χ0n) is 11.5. The third kappa shape index (κ3) is 7.54. The van der Waals surface area contributed by atoms with Gasteiger partial charge in [0.1, 0.15) is 7.05 Å². The third-order valence-corrected chi connectivity index (χ3v) is 2.61. The van der Waals surface area contributed by atoms with Gasteiger partial charge in [-0.25, -0.2) is 23.2 Å². The lowest BCUT2D eigenvalue weighted by Gasteiger charge is -2.17. The molecular formula is C12H15Cl2NO5. The number of benzene rings is 1. The zero-order chi connectivity index (χ0) is 16.1. The summed E-state index contributed by atoms with van der Waals surface area (Å²) in [4.78, 5) is 11.4. The first-order chi connectivity index (χ1) is 8.93. The van der Waals surface area contributed by atoms with Gasteiger partial charge in [0.25, 0.3) is 0 Å². The first kappa shape index (κ1) is 19.0. The van der Waals surface area contributed by atoms with Crippen LogP contribution in [0.2, 0.25) is 5.02 Å². The molecule has 0 saturated carbocycles. The van der Waals surface area contributed by atoms with Crippen LogP contribution in [0.4, 0.5) is 5.69 Å². The van der Waals surface area contributed by atoms with Crippen molar-refractivity contribution in [1.82, 2.24) is 0 Å². The van der Waals surface area contributed by atoms with Crippen molar-refractivity contribution in [3.05, 3.63) is 28.8 Å². The molecule has 0 aliphatic rings. The number of rotatable bonds is 2. The molecule has 0 heterocycles. The summed E-state index contributed by atoms with van der Waals surface area (Å²) < 4.78 is 35.9. The molecule has 0 spiro atoms. The molecule has 0 unspecified atom stereocenters. The molecule has 0 aliphatic carbocycles. The first-order valence-corrected chi connectivity index (χ1v) is 7.01. The Kier molecular flexibility index (Phi) is 7.29. The fourth-order valence-electron chi connectivity index (χ4n) is 1.32. The Bertz CT molecular complexity index is 513. The number of carbonyl (C=O) groups excluding carboxylic acids is 1. The van der Waals surface area contributed by atoms with Crippen LogP contribution in [-0.2, 0) is 0 Å². The van der Waals surface area contributed by atoms with Crippen LogP contribution in [0, 0.1) is 10.2 Å². The molecule has 0 amide bonds. The van der Waals surface area contributed by atoms with Crippen molar-refractivity contribution in [2.24, 2.45) is 0 Å². The van der Waals surface area contributed by atoms with Gasteiger partial charge < -0.3 is 0 Å². The Morgan fingerprint density at radius 3 is 1.95 bits per heavy atom. The average molecular weight is 324 g/mol. The van der Waals surface area contributed by atoms with Gasteiger partial charge in [0.05, 0.1) is 5.56 Å². The van der Waals surface area contributed by atoms with Gasteiger partial charge in [-0.05, 0) is 19.1 Å². The third-order valence-electron chi connectivity index (χ3n) is 2.37. The highest BCUT2D eigenvalue weighted by atomic mass is 35.7. The second kappa shape index (κ2) is 7.68. The summed E-state index contributed by atoms with van der Waals surface area (Å²) in [5, 5.41) is 0.642. The predicted octanol–water partition coefficient (Wildman–Crippen LogP) is -1.46. The van der Waals surface area contributed by atoms with Crippen LogP contribution in [0.15, 0.2) is 18.2 Å². The van der Waals surface area contributed by atoms with Gasteiger partial charge in [-0.3, -0.25) is 4.79 Å². The van der Waals surface area contributed by atoms with Crippen LogP contribution in [0.5, 0.6) is 0 Å². The van der Waals surface area contributed by atoms with Crippen LogP contribution in [-0.4, -0.2) is 23.1 Å². The van der Waals surface area contributed by atoms with E-state index in [-0.39, 0.29) is 5.78 Å². The Hall–Kier alpha value is -1.02. The van der Waals surface area contributed by atoms with Crippen molar-refractivity contribution >= 4 is 28.8 Å². The van der Waals surface area contributed by atoms with E-state index < -0.39 is 10.2 Å². The Labute approximate surface area is 124 Å². The summed E-state index contributed by atoms with van der Waals surface area (Å²) >= 11 is 5.92. The van der Waals surface area contributed by atoms with Crippen LogP contribution < -0.4 is 18.6 Å². The summed E-state index contributed by atoms with van der Waals surface area (Å²) in [5.74, 6) is 0.0507. The minimum absolute atomic E-state index is 0.0507. The second-order valence-corrected chi connectivity index (χ2v) is 5.29. The molecule has 1 aromatic rings. The van der Waals surface area contributed by atoms with E-state index in [9.17, 15) is 4.79 Å². The number of ketones is 1. The van der Waals surface area contributed by atoms with Crippen molar-refractivity contribution < 1.29 is 38.2 Å². The standard InChI is InChI=1S/C12H15ClNO.ClHO4/c1-8(2)14(4)12-7-10(13)5-6-11(12)9(3)15;2-1(3,4)5/h5-7H,1-4H3;(H,2,3,4,5)/q+1;/p-1. The summed E-state index contributed by atoms with van der Waals surface area (Å²) in [6, 6.07) is 5.31. The van der Waals surface area contributed by atoms with E-state index in [0.717, 1.165) is 11.4 Å². The van der Waals surface area contributed by atoms with Gasteiger partial charge in [-0.1, -0.05) is 11.6 Å². The topological polar surface area (TPSA) is 112 Å². The number of carbonyl (C=O) groups is 1. The maximum Gasteiger partial charge on any atom is 0.217 e. The van der Waals surface area contributed by atoms with E-state index in [2.05, 4.69) is 0 Å². The fourth-order valence-corrected chi connectivity index (χ4v) is 1.49. The zero-order valence-corrected chi connectivity index (χ0v) is 13.0. The van der Waals surface area contributed by atoms with Crippen molar-refractivity contribution in [3.63, 3.8) is 0 Å². The molecule has 0 bridgehead atoms. The molecule has 6 nitrogen and oxygen atoms in total. The van der Waals surface area contributed by atoms with E-state index in [4.69, 9.17) is 30.2 Å². The van der Waals surface area contributed by atoms with Crippen LogP contribution in [0.1, 0.15) is 31.1 Å². The molecular weight excluding hydrogens is 309 g/mol. The molecule has 8 heteroatoms. The largest absolute Gasteiger partial charge is 0.294 e. The highest BCUT2D eigenvalue weighted by molar-refractivity contribution is 6.31. The van der Waals surface area contributed by atoms with E-state index in [1.165, 1.54) is 0 Å². The van der Waals surface area contributed by atoms with E-state index in [0.29, 0.717) is 10.6 Å². The molecule has 0 aromatic heterocycles. The van der Waals surface area contributed by atoms with Gasteiger partial charge >= 0.3 is 0 Å². The number of Topliss-reactive ketones (excluding diaryl/α,β-unsaturated/α-hetero) is 1. The second-order valence-electron chi connectivity index (χ2n) is 4.10. The summed E-state index contributed by atoms with van der Waals surface area (Å²) in [7, 11) is -3.02. The SMILES string of the molecule is CC(=O)c1ccc(Cl)cc1[N+](C)=C(C)C.[O-][Cl+3]([O-])([O-])[O-]. The monoisotopic (exact) mass is 323 g/mol. The average Bonchev–Trinajstić information content (AvgIpc) is 2.24. The Morgan fingerprint density at radius 1 is 1.15 bits per heavy atom. The van der Waals surface area contributed by atoms with Gasteiger partial charge in [0, 0.05) is 24.9 Å². The molecule has 112 valence electrons. The molecule has 0 aliphatic heterocycles. The first-order valence-electron chi connectivity index (χ1n) is 5.39. The van der Waals surface area contributed by atoms with E-state index in [1.54, 1.807) is 19.1 Å². The molecule has 0 fully saturated rings. The molecule has 0 N–H and O–H groups in total. The van der Waals surface area contributed by atoms with Crippen LogP contribution in [0.3, 0.4) is 0 Å². The smallest absolute Gasteiger partial charge is 0.217 e. The van der Waals surface area contributed by atoms with Gasteiger partial charge in [0.15, 0.2) is 11.5 Å². The number of halogens is 2. The quantitative estimate of drug-likeness (QED) is 0.375. The normalized spacial score (nSPS) is 10.4. The minimum Gasteiger partial charge on any atom is -0.294 e. The lowest BCUT2D eigenvalue weighted by atomic mass is 10.1. The molecule has 1 rings (SSSR count). The number of nitrogens with zero attached hydrogens (tertiary/aromatic N) is 1. The van der Waals surface area contributed by atoms with Crippen molar-refractivity contribution in [2.45, 2.75) is 20.8 Å². The van der Waals surface area contributed by atoms with Crippen molar-refractivity contribution in [3.8, 4) is 0 Å². The summed E-state index contributed by atoms with van der Waals surface area (Å²) in [5.41, 5.74) is 2.66. The Morgan fingerprint density at radius 2 is 1.60 bits per heavy atom. The maximum atomic E-state index is 11.4. The van der Waals surface area contributed by atoms with Gasteiger partial charge in [0.2, 0.25) is 5.69 Å². The van der Waals surface area contributed by atoms with E-state index >= 15 is 0 Å². The maximum absolute atomic E-state index is 11.4. The van der Waals surface area contributed by atoms with Crippen LogP contribution >= 0.6 is 11.6 Å². The molecule has 0 radical (unpaired) electrons. The molecule has 0 atom stereocenters. The Balaban J connectivity index is 0.000000621. The summed E-state index contributed by atoms with van der Waals surface area (Å²) in [6.07, 6.45) is 0. The predicted molar refractivity (Wildman–Crippen MR) is 63.7 cm³/mol. The van der Waals surface area contributed by atoms with Gasteiger partial charge in [-0.15, -0.1) is 10.2 Å². The number of hydrogen-bond acceptors (Lipinski definition) is 5. The van der Waals surface area contributed by atoms with Crippen LogP contribution in [0.25, 0.3) is 0 Å². The van der Waals surface area contributed by atoms with Crippen molar-refractivity contribution in [1.29, 1.82) is 0 Å². The van der Waals surface area contributed by atoms with Gasteiger partial charge in [-0.2, -0.15) is 0 Å². The molecule has 0 saturated heterocycles. The minimum atomic E-state index is -4.94. The molecule has 1 aromatic carbocycles. The highest BCUT2D eigenvalue weighted by Gasteiger charge is 2.16. The molecule has 20 heavy (non-hydrogen) atoms.